The molecule has 0 aliphatic carbocycles. The number of alkyl halides is 3. The summed E-state index contributed by atoms with van der Waals surface area (Å²) in [6.45, 7) is -1.08. The van der Waals surface area contributed by atoms with Gasteiger partial charge in [-0.1, -0.05) is 6.07 Å². The molecule has 1 heterocycles. The van der Waals surface area contributed by atoms with Crippen LogP contribution in [0.5, 0.6) is 0 Å². The molecule has 2 N–H and O–H groups in total. The number of hydrogen-bond acceptors (Lipinski definition) is 4. The Kier molecular flexibility index (Phi) is 3.67. The van der Waals surface area contributed by atoms with E-state index in [2.05, 4.69) is 0 Å². The minimum atomic E-state index is -4.61. The number of morpholine rings is 1. The molecule has 108 valence electrons. The van der Waals surface area contributed by atoms with Crippen molar-refractivity contribution in [3.63, 3.8) is 0 Å². The van der Waals surface area contributed by atoms with Gasteiger partial charge in [-0.25, -0.2) is 0 Å². The predicted octanol–water partition coefficient (Wildman–Crippen LogP) is 1.17. The molecule has 20 heavy (non-hydrogen) atoms. The number of ether oxygens (including phenoxy) is 1. The molecule has 1 aliphatic heterocycles. The lowest BCUT2D eigenvalue weighted by molar-refractivity contribution is -0.160. The van der Waals surface area contributed by atoms with Crippen LogP contribution in [0.3, 0.4) is 0 Å². The summed E-state index contributed by atoms with van der Waals surface area (Å²) in [4.78, 5) is 23.8. The van der Waals surface area contributed by atoms with Crippen LogP contribution in [0.4, 0.5) is 18.9 Å². The average Bonchev–Trinajstić information content (AvgIpc) is 2.34. The van der Waals surface area contributed by atoms with E-state index >= 15 is 0 Å². The zero-order chi connectivity index (χ0) is 14.9. The Balaban J connectivity index is 2.33. The van der Waals surface area contributed by atoms with E-state index in [-0.39, 0.29) is 24.5 Å². The zero-order valence-electron chi connectivity index (χ0n) is 10.2. The summed E-state index contributed by atoms with van der Waals surface area (Å²) in [6, 6.07) is 3.24. The van der Waals surface area contributed by atoms with Crippen LogP contribution in [-0.4, -0.2) is 29.9 Å². The number of nitrogens with zero attached hydrogens (tertiary/aromatic N) is 1. The number of carbonyl (C=O) groups is 2. The van der Waals surface area contributed by atoms with Crippen molar-refractivity contribution in [1.82, 2.24) is 4.90 Å². The maximum atomic E-state index is 12.9. The molecule has 1 aromatic carbocycles. The van der Waals surface area contributed by atoms with Gasteiger partial charge in [-0.15, -0.1) is 0 Å². The van der Waals surface area contributed by atoms with E-state index in [1.165, 1.54) is 6.07 Å². The molecule has 1 aromatic rings. The van der Waals surface area contributed by atoms with Crippen molar-refractivity contribution in [3.8, 4) is 0 Å². The molecule has 8 heteroatoms. The number of rotatable bonds is 2. The summed E-state index contributed by atoms with van der Waals surface area (Å²) in [7, 11) is 0. The quantitative estimate of drug-likeness (QED) is 0.655. The normalized spacial score (nSPS) is 16.6. The smallest absolute Gasteiger partial charge is 0.399 e. The second-order valence-electron chi connectivity index (χ2n) is 4.28. The summed E-state index contributed by atoms with van der Waals surface area (Å²) in [6.07, 6.45) is -4.61. The number of hydrogen-bond donors (Lipinski definition) is 1. The van der Waals surface area contributed by atoms with Crippen LogP contribution in [0, 0.1) is 0 Å². The molecule has 0 spiro atoms. The summed E-state index contributed by atoms with van der Waals surface area (Å²) in [5.74, 6) is -1.32. The van der Waals surface area contributed by atoms with E-state index in [4.69, 9.17) is 10.5 Å². The van der Waals surface area contributed by atoms with Crippen molar-refractivity contribution < 1.29 is 27.5 Å². The van der Waals surface area contributed by atoms with Gasteiger partial charge < -0.3 is 10.5 Å². The molecule has 0 unspecified atom stereocenters. The molecule has 0 radical (unpaired) electrons. The lowest BCUT2D eigenvalue weighted by atomic mass is 10.1. The monoisotopic (exact) mass is 288 g/mol. The van der Waals surface area contributed by atoms with Crippen molar-refractivity contribution in [2.24, 2.45) is 0 Å². The molecule has 0 bridgehead atoms. The van der Waals surface area contributed by atoms with Gasteiger partial charge in [-0.3, -0.25) is 14.5 Å². The Morgan fingerprint density at radius 2 is 1.80 bits per heavy atom. The Morgan fingerprint density at radius 3 is 2.35 bits per heavy atom. The molecule has 1 saturated heterocycles. The second-order valence-corrected chi connectivity index (χ2v) is 4.28. The van der Waals surface area contributed by atoms with E-state index in [1.54, 1.807) is 0 Å². The SMILES string of the molecule is Nc1ccc(CN2C(=O)COCC2=O)c(C(F)(F)F)c1. The van der Waals surface area contributed by atoms with Gasteiger partial charge in [-0.05, 0) is 17.7 Å². The van der Waals surface area contributed by atoms with Gasteiger partial charge in [0.2, 0.25) is 0 Å². The van der Waals surface area contributed by atoms with Crippen LogP contribution in [0.2, 0.25) is 0 Å². The third kappa shape index (κ3) is 2.90. The Labute approximate surface area is 112 Å². The third-order valence-electron chi connectivity index (χ3n) is 2.82. The predicted molar refractivity (Wildman–Crippen MR) is 62.2 cm³/mol. The minimum Gasteiger partial charge on any atom is -0.399 e. The molecule has 0 saturated carbocycles. The molecule has 0 atom stereocenters. The summed E-state index contributed by atoms with van der Waals surface area (Å²) in [5.41, 5.74) is 4.16. The summed E-state index contributed by atoms with van der Waals surface area (Å²) >= 11 is 0. The number of imide groups is 1. The van der Waals surface area contributed by atoms with Gasteiger partial charge in [0.25, 0.3) is 11.8 Å². The highest BCUT2D eigenvalue weighted by atomic mass is 19.4. The fourth-order valence-corrected chi connectivity index (χ4v) is 1.86. The number of anilines is 1. The van der Waals surface area contributed by atoms with Gasteiger partial charge in [0.05, 0.1) is 12.1 Å². The molecule has 2 rings (SSSR count). The molecule has 2 amide bonds. The first-order chi connectivity index (χ1) is 9.29. The van der Waals surface area contributed by atoms with Gasteiger partial charge in [-0.2, -0.15) is 13.2 Å². The lowest BCUT2D eigenvalue weighted by Crippen LogP contribution is -2.45. The largest absolute Gasteiger partial charge is 0.416 e. The van der Waals surface area contributed by atoms with E-state index in [9.17, 15) is 22.8 Å². The standard InChI is InChI=1S/C12H11F3N2O3/c13-12(14,15)9-3-8(16)2-1-7(9)4-17-10(18)5-20-6-11(17)19/h1-3H,4-6,16H2. The fourth-order valence-electron chi connectivity index (χ4n) is 1.86. The number of halogens is 3. The zero-order valence-corrected chi connectivity index (χ0v) is 10.2. The number of benzene rings is 1. The van der Waals surface area contributed by atoms with Crippen LogP contribution in [0.15, 0.2) is 18.2 Å². The summed E-state index contributed by atoms with van der Waals surface area (Å²) in [5, 5.41) is 0. The van der Waals surface area contributed by atoms with Crippen LogP contribution >= 0.6 is 0 Å². The highest BCUT2D eigenvalue weighted by Crippen LogP contribution is 2.34. The molecule has 1 aliphatic rings. The van der Waals surface area contributed by atoms with Crippen molar-refractivity contribution in [3.05, 3.63) is 29.3 Å². The van der Waals surface area contributed by atoms with Crippen molar-refractivity contribution in [1.29, 1.82) is 0 Å². The van der Waals surface area contributed by atoms with Crippen molar-refractivity contribution >= 4 is 17.5 Å². The van der Waals surface area contributed by atoms with Crippen molar-refractivity contribution in [2.75, 3.05) is 18.9 Å². The number of nitrogens with two attached hydrogens (primary N) is 1. The van der Waals surface area contributed by atoms with Crippen LogP contribution in [0.25, 0.3) is 0 Å². The van der Waals surface area contributed by atoms with Gasteiger partial charge >= 0.3 is 6.18 Å². The van der Waals surface area contributed by atoms with Crippen LogP contribution < -0.4 is 5.73 Å². The molecule has 0 aromatic heterocycles. The third-order valence-corrected chi connectivity index (χ3v) is 2.82. The van der Waals surface area contributed by atoms with E-state index in [0.29, 0.717) is 0 Å². The number of nitrogen functional groups attached to an aromatic ring is 1. The van der Waals surface area contributed by atoms with Crippen LogP contribution in [0.1, 0.15) is 11.1 Å². The molecular weight excluding hydrogens is 277 g/mol. The first-order valence-electron chi connectivity index (χ1n) is 5.65. The van der Waals surface area contributed by atoms with Gasteiger partial charge in [0.1, 0.15) is 13.2 Å². The molecule has 5 nitrogen and oxygen atoms in total. The van der Waals surface area contributed by atoms with E-state index in [0.717, 1.165) is 17.0 Å². The van der Waals surface area contributed by atoms with E-state index < -0.39 is 30.1 Å². The average molecular weight is 288 g/mol. The highest BCUT2D eigenvalue weighted by molar-refractivity contribution is 5.98. The second kappa shape index (κ2) is 5.12. The lowest BCUT2D eigenvalue weighted by Gasteiger charge is -2.26. The fraction of sp³-hybridized carbons (Fsp3) is 0.333. The highest BCUT2D eigenvalue weighted by Gasteiger charge is 2.35. The van der Waals surface area contributed by atoms with Gasteiger partial charge in [0, 0.05) is 5.69 Å². The molecular formula is C12H11F3N2O3. The van der Waals surface area contributed by atoms with Crippen LogP contribution in [-0.2, 0) is 27.0 Å². The first kappa shape index (κ1) is 14.3. The first-order valence-corrected chi connectivity index (χ1v) is 5.65. The maximum Gasteiger partial charge on any atom is 0.416 e. The maximum absolute atomic E-state index is 12.9. The molecule has 1 fully saturated rings. The topological polar surface area (TPSA) is 72.6 Å². The van der Waals surface area contributed by atoms with E-state index in [1.807, 2.05) is 0 Å². The number of carbonyl (C=O) groups excluding carboxylic acids is 2. The Morgan fingerprint density at radius 1 is 1.20 bits per heavy atom. The Hall–Kier alpha value is -2.09. The minimum absolute atomic E-state index is 0.0410. The Bertz CT molecular complexity index is 541. The van der Waals surface area contributed by atoms with Gasteiger partial charge in [0.15, 0.2) is 0 Å². The number of amides is 2. The summed E-state index contributed by atoms with van der Waals surface area (Å²) < 4.78 is 43.4. The van der Waals surface area contributed by atoms with Crippen molar-refractivity contribution in [2.45, 2.75) is 12.7 Å².